The van der Waals surface area contributed by atoms with Crippen molar-refractivity contribution >= 4 is 12.0 Å². The van der Waals surface area contributed by atoms with Gasteiger partial charge in [0.1, 0.15) is 16.9 Å². The Labute approximate surface area is 181 Å². The molecule has 1 spiro atoms. The van der Waals surface area contributed by atoms with E-state index in [0.29, 0.717) is 44.0 Å². The van der Waals surface area contributed by atoms with E-state index in [2.05, 4.69) is 11.9 Å². The predicted molar refractivity (Wildman–Crippen MR) is 113 cm³/mol. The molecule has 7 heteroatoms. The van der Waals surface area contributed by atoms with E-state index in [1.807, 2.05) is 23.2 Å². The van der Waals surface area contributed by atoms with E-state index in [4.69, 9.17) is 4.74 Å². The molecule has 3 fully saturated rings. The highest BCUT2D eigenvalue weighted by atomic mass is 16.6. The van der Waals surface area contributed by atoms with Crippen molar-refractivity contribution in [3.63, 3.8) is 0 Å². The van der Waals surface area contributed by atoms with Gasteiger partial charge in [-0.1, -0.05) is 12.1 Å². The van der Waals surface area contributed by atoms with Crippen molar-refractivity contribution < 1.29 is 19.4 Å². The van der Waals surface area contributed by atoms with Gasteiger partial charge in [-0.15, -0.1) is 0 Å². The zero-order valence-electron chi connectivity index (χ0n) is 17.7. The van der Waals surface area contributed by atoms with Crippen LogP contribution in [0, 0.1) is 5.92 Å². The molecule has 1 saturated carbocycles. The highest BCUT2D eigenvalue weighted by molar-refractivity contribution is 5.94. The van der Waals surface area contributed by atoms with Crippen molar-refractivity contribution in [3.8, 4) is 5.75 Å². The van der Waals surface area contributed by atoms with Crippen molar-refractivity contribution in [1.29, 1.82) is 0 Å². The second-order valence-corrected chi connectivity index (χ2v) is 9.07. The summed E-state index contributed by atoms with van der Waals surface area (Å²) in [4.78, 5) is 34.0. The van der Waals surface area contributed by atoms with Crippen LogP contribution in [0.2, 0.25) is 0 Å². The SMILES string of the molecule is CC1(c2cccnc2)N(CC2CC2)C(=O)OC12CCN(C(=O)c1cccc(O)c1)CC2. The maximum Gasteiger partial charge on any atom is 0.411 e. The first-order valence-electron chi connectivity index (χ1n) is 10.9. The molecular weight excluding hydrogens is 394 g/mol. The summed E-state index contributed by atoms with van der Waals surface area (Å²) in [6, 6.07) is 10.3. The van der Waals surface area contributed by atoms with Gasteiger partial charge >= 0.3 is 6.09 Å². The molecule has 0 bridgehead atoms. The van der Waals surface area contributed by atoms with Crippen LogP contribution in [0.5, 0.6) is 5.75 Å². The minimum absolute atomic E-state index is 0.0731. The number of hydrogen-bond donors (Lipinski definition) is 1. The number of piperidine rings is 1. The van der Waals surface area contributed by atoms with E-state index in [-0.39, 0.29) is 17.7 Å². The van der Waals surface area contributed by atoms with Crippen molar-refractivity contribution in [2.24, 2.45) is 5.92 Å². The maximum absolute atomic E-state index is 13.0. The minimum Gasteiger partial charge on any atom is -0.508 e. The number of benzene rings is 1. The lowest BCUT2D eigenvalue weighted by Gasteiger charge is -2.48. The Balaban J connectivity index is 1.43. The molecule has 1 unspecified atom stereocenters. The third-order valence-corrected chi connectivity index (χ3v) is 7.24. The Kier molecular flexibility index (Phi) is 4.64. The average molecular weight is 421 g/mol. The first kappa shape index (κ1) is 19.8. The summed E-state index contributed by atoms with van der Waals surface area (Å²) >= 11 is 0. The lowest BCUT2D eigenvalue weighted by molar-refractivity contribution is -0.0548. The van der Waals surface area contributed by atoms with Crippen LogP contribution in [0.3, 0.4) is 0 Å². The number of aromatic hydroxyl groups is 1. The highest BCUT2D eigenvalue weighted by Gasteiger charge is 2.64. The van der Waals surface area contributed by atoms with Crippen molar-refractivity contribution in [1.82, 2.24) is 14.8 Å². The highest BCUT2D eigenvalue weighted by Crippen LogP contribution is 2.53. The second-order valence-electron chi connectivity index (χ2n) is 9.07. The molecule has 2 aromatic rings. The molecule has 31 heavy (non-hydrogen) atoms. The third kappa shape index (κ3) is 3.23. The first-order chi connectivity index (χ1) is 14.9. The molecule has 1 atom stereocenters. The van der Waals surface area contributed by atoms with Crippen molar-refractivity contribution in [3.05, 3.63) is 59.9 Å². The Morgan fingerprint density at radius 1 is 1.23 bits per heavy atom. The van der Waals surface area contributed by atoms with E-state index in [1.54, 1.807) is 29.3 Å². The quantitative estimate of drug-likeness (QED) is 0.817. The summed E-state index contributed by atoms with van der Waals surface area (Å²) in [7, 11) is 0. The molecular formula is C24H27N3O4. The molecule has 7 nitrogen and oxygen atoms in total. The Morgan fingerprint density at radius 2 is 2.00 bits per heavy atom. The maximum atomic E-state index is 13.0. The van der Waals surface area contributed by atoms with E-state index in [1.165, 1.54) is 6.07 Å². The van der Waals surface area contributed by atoms with Gasteiger partial charge < -0.3 is 14.7 Å². The molecule has 5 rings (SSSR count). The molecule has 2 aliphatic heterocycles. The van der Waals surface area contributed by atoms with Gasteiger partial charge in [-0.2, -0.15) is 0 Å². The average Bonchev–Trinajstić information content (AvgIpc) is 3.58. The first-order valence-corrected chi connectivity index (χ1v) is 10.9. The van der Waals surface area contributed by atoms with Crippen LogP contribution in [-0.4, -0.2) is 57.1 Å². The molecule has 3 aliphatic rings. The lowest BCUT2D eigenvalue weighted by Crippen LogP contribution is -2.59. The molecule has 1 aromatic heterocycles. The number of aromatic nitrogens is 1. The van der Waals surface area contributed by atoms with E-state index in [9.17, 15) is 14.7 Å². The van der Waals surface area contributed by atoms with Gasteiger partial charge in [0, 0.05) is 50.4 Å². The fourth-order valence-electron chi connectivity index (χ4n) is 5.12. The summed E-state index contributed by atoms with van der Waals surface area (Å²) in [5.74, 6) is 0.489. The normalized spacial score (nSPS) is 25.0. The summed E-state index contributed by atoms with van der Waals surface area (Å²) in [5, 5.41) is 9.72. The molecule has 1 aromatic carbocycles. The fraction of sp³-hybridized carbons (Fsp3) is 0.458. The standard InChI is InChI=1S/C24H27N3O4/c1-23(19-5-3-11-25-15-19)24(31-22(30)27(23)16-17-7-8-17)9-12-26(13-10-24)21(29)18-4-2-6-20(28)14-18/h2-6,11,14-15,17,28H,7-10,12-13,16H2,1H3. The van der Waals surface area contributed by atoms with Crippen LogP contribution in [0.1, 0.15) is 48.5 Å². The van der Waals surface area contributed by atoms with Crippen LogP contribution in [0.4, 0.5) is 4.79 Å². The van der Waals surface area contributed by atoms with Gasteiger partial charge in [-0.3, -0.25) is 14.7 Å². The summed E-state index contributed by atoms with van der Waals surface area (Å²) < 4.78 is 6.14. The molecule has 2 amide bonds. The van der Waals surface area contributed by atoms with Crippen LogP contribution in [0.15, 0.2) is 48.8 Å². The Morgan fingerprint density at radius 3 is 2.65 bits per heavy atom. The Hall–Kier alpha value is -3.09. The van der Waals surface area contributed by atoms with E-state index >= 15 is 0 Å². The second kappa shape index (κ2) is 7.25. The van der Waals surface area contributed by atoms with E-state index in [0.717, 1.165) is 18.4 Å². The van der Waals surface area contributed by atoms with Crippen LogP contribution >= 0.6 is 0 Å². The number of pyridine rings is 1. The number of amides is 2. The number of carbonyl (C=O) groups excluding carboxylic acids is 2. The summed E-state index contributed by atoms with van der Waals surface area (Å²) in [6.07, 6.45) is 6.68. The lowest BCUT2D eigenvalue weighted by atomic mass is 9.70. The van der Waals surface area contributed by atoms with Crippen molar-refractivity contribution in [2.75, 3.05) is 19.6 Å². The largest absolute Gasteiger partial charge is 0.508 e. The molecule has 1 aliphatic carbocycles. The topological polar surface area (TPSA) is 83.0 Å². The van der Waals surface area contributed by atoms with Gasteiger partial charge in [0.25, 0.3) is 5.91 Å². The number of hydrogen-bond acceptors (Lipinski definition) is 5. The minimum atomic E-state index is -0.711. The predicted octanol–water partition coefficient (Wildman–Crippen LogP) is 3.54. The van der Waals surface area contributed by atoms with Crippen LogP contribution < -0.4 is 0 Å². The van der Waals surface area contributed by atoms with Gasteiger partial charge in [0.15, 0.2) is 0 Å². The molecule has 1 N–H and O–H groups in total. The molecule has 3 heterocycles. The zero-order valence-corrected chi connectivity index (χ0v) is 17.7. The molecule has 162 valence electrons. The smallest absolute Gasteiger partial charge is 0.411 e. The number of rotatable bonds is 4. The molecule has 2 saturated heterocycles. The van der Waals surface area contributed by atoms with E-state index < -0.39 is 11.1 Å². The zero-order chi connectivity index (χ0) is 21.6. The van der Waals surface area contributed by atoms with Gasteiger partial charge in [0.2, 0.25) is 0 Å². The van der Waals surface area contributed by atoms with Crippen LogP contribution in [-0.2, 0) is 10.3 Å². The molecule has 0 radical (unpaired) electrons. The number of phenols is 1. The van der Waals surface area contributed by atoms with Crippen LogP contribution in [0.25, 0.3) is 0 Å². The van der Waals surface area contributed by atoms with Crippen molar-refractivity contribution in [2.45, 2.75) is 43.7 Å². The number of ether oxygens (including phenoxy) is 1. The summed E-state index contributed by atoms with van der Waals surface area (Å²) in [5.41, 5.74) is 0.0811. The number of nitrogens with zero attached hydrogens (tertiary/aromatic N) is 3. The fourth-order valence-corrected chi connectivity index (χ4v) is 5.12. The van der Waals surface area contributed by atoms with Gasteiger partial charge in [-0.25, -0.2) is 4.79 Å². The van der Waals surface area contributed by atoms with Gasteiger partial charge in [-0.05, 0) is 55.5 Å². The Bertz CT molecular complexity index is 999. The third-order valence-electron chi connectivity index (χ3n) is 7.24. The number of carbonyl (C=O) groups is 2. The summed E-state index contributed by atoms with van der Waals surface area (Å²) in [6.45, 7) is 3.74. The van der Waals surface area contributed by atoms with Gasteiger partial charge in [0.05, 0.1) is 0 Å². The number of phenolic OH excluding ortho intramolecular Hbond substituents is 1. The number of likely N-dealkylation sites (tertiary alicyclic amines) is 1. The monoisotopic (exact) mass is 421 g/mol.